The summed E-state index contributed by atoms with van der Waals surface area (Å²) in [6.07, 6.45) is 10.5. The summed E-state index contributed by atoms with van der Waals surface area (Å²) < 4.78 is 0. The zero-order chi connectivity index (χ0) is 20.0. The molecule has 0 spiro atoms. The van der Waals surface area contributed by atoms with Gasteiger partial charge in [0.05, 0.1) is 0 Å². The number of hydrogen-bond acceptors (Lipinski definition) is 5. The van der Waals surface area contributed by atoms with Gasteiger partial charge in [-0.25, -0.2) is 9.97 Å². The topological polar surface area (TPSA) is 78.4 Å². The molecule has 4 aliphatic carbocycles. The Labute approximate surface area is 172 Å². The van der Waals surface area contributed by atoms with Crippen LogP contribution >= 0.6 is 0 Å². The predicted molar refractivity (Wildman–Crippen MR) is 109 cm³/mol. The quantitative estimate of drug-likeness (QED) is 0.839. The lowest BCUT2D eigenvalue weighted by Gasteiger charge is -2.55. The first-order valence-electron chi connectivity index (χ1n) is 11.1. The Hall–Kier alpha value is -2.18. The fourth-order valence-corrected chi connectivity index (χ4v) is 6.66. The number of hydrogen-bond donors (Lipinski definition) is 1. The summed E-state index contributed by atoms with van der Waals surface area (Å²) in [6, 6.07) is 1.34. The molecule has 1 saturated heterocycles. The standard InChI is InChI=1S/C22H31N5O2/c1-15(19(28)26-5-7-27(8-6-26)21-23-3-2-4-24-21)25-20(29)22-12-16-9-17(13-22)11-18(10-16)14-22/h2-4,15-18H,5-14H2,1H3,(H,25,29)/t15-,16?,17?,18?,22?/m1/s1. The van der Waals surface area contributed by atoms with E-state index < -0.39 is 6.04 Å². The minimum absolute atomic E-state index is 0.0247. The normalized spacial score (nSPS) is 34.2. The van der Waals surface area contributed by atoms with Crippen LogP contribution in [0.25, 0.3) is 0 Å². The van der Waals surface area contributed by atoms with Gasteiger partial charge in [0, 0.05) is 44.0 Å². The highest BCUT2D eigenvalue weighted by Crippen LogP contribution is 2.60. The van der Waals surface area contributed by atoms with Crippen molar-refractivity contribution in [3.63, 3.8) is 0 Å². The van der Waals surface area contributed by atoms with Crippen LogP contribution in [0.3, 0.4) is 0 Å². The number of piperazine rings is 1. The third-order valence-corrected chi connectivity index (χ3v) is 7.66. The first-order valence-corrected chi connectivity index (χ1v) is 11.1. The molecule has 4 saturated carbocycles. The minimum atomic E-state index is -0.463. The number of nitrogens with zero attached hydrogens (tertiary/aromatic N) is 4. The molecule has 7 heteroatoms. The van der Waals surface area contributed by atoms with Crippen LogP contribution in [0.15, 0.2) is 18.5 Å². The van der Waals surface area contributed by atoms with E-state index in [1.807, 2.05) is 11.8 Å². The Kier molecular flexibility index (Phi) is 4.71. The molecule has 5 aliphatic rings. The van der Waals surface area contributed by atoms with Crippen molar-refractivity contribution in [3.8, 4) is 0 Å². The van der Waals surface area contributed by atoms with Crippen molar-refractivity contribution in [2.45, 2.75) is 51.5 Å². The number of carbonyl (C=O) groups is 2. The maximum Gasteiger partial charge on any atom is 0.244 e. The van der Waals surface area contributed by atoms with E-state index in [9.17, 15) is 9.59 Å². The number of rotatable bonds is 4. The lowest BCUT2D eigenvalue weighted by Crippen LogP contribution is -2.58. The summed E-state index contributed by atoms with van der Waals surface area (Å²) in [6.45, 7) is 4.54. The van der Waals surface area contributed by atoms with E-state index in [4.69, 9.17) is 0 Å². The van der Waals surface area contributed by atoms with Crippen LogP contribution in [0.5, 0.6) is 0 Å². The molecule has 0 unspecified atom stereocenters. The summed E-state index contributed by atoms with van der Waals surface area (Å²) >= 11 is 0. The lowest BCUT2D eigenvalue weighted by atomic mass is 9.49. The fraction of sp³-hybridized carbons (Fsp3) is 0.727. The molecule has 1 aromatic heterocycles. The van der Waals surface area contributed by atoms with Gasteiger partial charge in [0.1, 0.15) is 6.04 Å². The SMILES string of the molecule is C[C@@H](NC(=O)C12CC3CC(CC(C3)C1)C2)C(=O)N1CCN(c2ncccn2)CC1. The smallest absolute Gasteiger partial charge is 0.244 e. The number of amides is 2. The van der Waals surface area contributed by atoms with E-state index in [0.29, 0.717) is 32.1 Å². The average molecular weight is 398 g/mol. The van der Waals surface area contributed by atoms with Crippen LogP contribution < -0.4 is 10.2 Å². The van der Waals surface area contributed by atoms with Crippen LogP contribution in [0.4, 0.5) is 5.95 Å². The van der Waals surface area contributed by atoms with Gasteiger partial charge >= 0.3 is 0 Å². The van der Waals surface area contributed by atoms with Gasteiger partial charge in [-0.05, 0) is 69.3 Å². The van der Waals surface area contributed by atoms with E-state index in [0.717, 1.165) is 37.0 Å². The molecule has 1 atom stereocenters. The van der Waals surface area contributed by atoms with Gasteiger partial charge in [0.15, 0.2) is 0 Å². The van der Waals surface area contributed by atoms with E-state index in [1.165, 1.54) is 19.3 Å². The first-order chi connectivity index (χ1) is 14.0. The highest BCUT2D eigenvalue weighted by Gasteiger charge is 2.54. The number of nitrogens with one attached hydrogen (secondary N) is 1. The molecule has 156 valence electrons. The second-order valence-corrected chi connectivity index (χ2v) is 9.75. The molecule has 0 radical (unpaired) electrons. The van der Waals surface area contributed by atoms with Crippen molar-refractivity contribution >= 4 is 17.8 Å². The van der Waals surface area contributed by atoms with Crippen molar-refractivity contribution in [2.24, 2.45) is 23.2 Å². The maximum absolute atomic E-state index is 13.2. The Morgan fingerprint density at radius 3 is 2.10 bits per heavy atom. The summed E-state index contributed by atoms with van der Waals surface area (Å²) in [5, 5.41) is 3.11. The van der Waals surface area contributed by atoms with E-state index in [-0.39, 0.29) is 17.2 Å². The first kappa shape index (κ1) is 18.8. The van der Waals surface area contributed by atoms with Crippen LogP contribution in [0.2, 0.25) is 0 Å². The zero-order valence-electron chi connectivity index (χ0n) is 17.2. The van der Waals surface area contributed by atoms with E-state index >= 15 is 0 Å². The Morgan fingerprint density at radius 2 is 1.55 bits per heavy atom. The molecule has 2 heterocycles. The summed E-state index contributed by atoms with van der Waals surface area (Å²) in [5.41, 5.74) is -0.202. The highest BCUT2D eigenvalue weighted by molar-refractivity contribution is 5.90. The number of carbonyl (C=O) groups excluding carboxylic acids is 2. The molecule has 7 nitrogen and oxygen atoms in total. The van der Waals surface area contributed by atoms with Crippen molar-refractivity contribution in [1.29, 1.82) is 0 Å². The minimum Gasteiger partial charge on any atom is -0.344 e. The third-order valence-electron chi connectivity index (χ3n) is 7.66. The molecular formula is C22H31N5O2. The number of aromatic nitrogens is 2. The van der Waals surface area contributed by atoms with Gasteiger partial charge in [0.25, 0.3) is 0 Å². The van der Waals surface area contributed by atoms with Crippen LogP contribution in [-0.2, 0) is 9.59 Å². The van der Waals surface area contributed by atoms with Gasteiger partial charge in [-0.15, -0.1) is 0 Å². The number of anilines is 1. The third kappa shape index (κ3) is 3.49. The molecule has 29 heavy (non-hydrogen) atoms. The Morgan fingerprint density at radius 1 is 1.00 bits per heavy atom. The summed E-state index contributed by atoms with van der Waals surface area (Å²) in [5.74, 6) is 3.05. The zero-order valence-corrected chi connectivity index (χ0v) is 17.2. The van der Waals surface area contributed by atoms with Crippen molar-refractivity contribution in [1.82, 2.24) is 20.2 Å². The average Bonchev–Trinajstić information content (AvgIpc) is 2.73. The molecule has 2 amide bonds. The van der Waals surface area contributed by atoms with Crippen LogP contribution in [0, 0.1) is 23.2 Å². The molecule has 1 aromatic rings. The van der Waals surface area contributed by atoms with Gasteiger partial charge in [-0.2, -0.15) is 0 Å². The summed E-state index contributed by atoms with van der Waals surface area (Å²) in [7, 11) is 0. The summed E-state index contributed by atoms with van der Waals surface area (Å²) in [4.78, 5) is 38.7. The molecule has 1 N–H and O–H groups in total. The second-order valence-electron chi connectivity index (χ2n) is 9.75. The van der Waals surface area contributed by atoms with Gasteiger partial charge < -0.3 is 15.1 Å². The monoisotopic (exact) mass is 397 g/mol. The highest BCUT2D eigenvalue weighted by atomic mass is 16.2. The van der Waals surface area contributed by atoms with E-state index in [2.05, 4.69) is 20.2 Å². The molecule has 5 fully saturated rings. The molecule has 4 bridgehead atoms. The fourth-order valence-electron chi connectivity index (χ4n) is 6.66. The van der Waals surface area contributed by atoms with Gasteiger partial charge in [-0.3, -0.25) is 9.59 Å². The molecule has 6 rings (SSSR count). The van der Waals surface area contributed by atoms with Crippen molar-refractivity contribution in [3.05, 3.63) is 18.5 Å². The van der Waals surface area contributed by atoms with E-state index in [1.54, 1.807) is 18.5 Å². The molecule has 0 aromatic carbocycles. The van der Waals surface area contributed by atoms with Crippen LogP contribution in [0.1, 0.15) is 45.4 Å². The molecule has 1 aliphatic heterocycles. The van der Waals surface area contributed by atoms with Gasteiger partial charge in [0.2, 0.25) is 17.8 Å². The van der Waals surface area contributed by atoms with Crippen LogP contribution in [-0.4, -0.2) is 58.9 Å². The van der Waals surface area contributed by atoms with Crippen molar-refractivity contribution < 1.29 is 9.59 Å². The molecular weight excluding hydrogens is 366 g/mol. The largest absolute Gasteiger partial charge is 0.344 e. The predicted octanol–water partition coefficient (Wildman–Crippen LogP) is 1.85. The lowest BCUT2D eigenvalue weighted by molar-refractivity contribution is -0.149. The maximum atomic E-state index is 13.2. The second kappa shape index (κ2) is 7.26. The van der Waals surface area contributed by atoms with Gasteiger partial charge in [-0.1, -0.05) is 0 Å². The Bertz CT molecular complexity index is 739. The van der Waals surface area contributed by atoms with Crippen molar-refractivity contribution in [2.75, 3.05) is 31.1 Å². The Balaban J connectivity index is 1.17.